The van der Waals surface area contributed by atoms with Crippen molar-refractivity contribution in [2.75, 3.05) is 18.7 Å². The van der Waals surface area contributed by atoms with Crippen LogP contribution in [-0.2, 0) is 4.79 Å². The molecule has 2 N–H and O–H groups in total. The van der Waals surface area contributed by atoms with Crippen LogP contribution in [0.4, 0.5) is 9.93 Å². The Balaban J connectivity index is 1.22. The predicted molar refractivity (Wildman–Crippen MR) is 115 cm³/mol. The van der Waals surface area contributed by atoms with E-state index in [1.54, 1.807) is 4.90 Å². The second-order valence-corrected chi connectivity index (χ2v) is 9.08. The highest BCUT2D eigenvalue weighted by Crippen LogP contribution is 2.37. The molecule has 5 rings (SSSR count). The normalized spacial score (nSPS) is 20.6. The van der Waals surface area contributed by atoms with E-state index in [-0.39, 0.29) is 24.8 Å². The molecule has 1 aromatic carbocycles. The summed E-state index contributed by atoms with van der Waals surface area (Å²) in [5.41, 5.74) is 0.844. The van der Waals surface area contributed by atoms with Crippen molar-refractivity contribution in [3.05, 3.63) is 18.2 Å². The van der Waals surface area contributed by atoms with Crippen molar-refractivity contribution in [1.82, 2.24) is 20.4 Å². The van der Waals surface area contributed by atoms with E-state index in [0.29, 0.717) is 34.6 Å². The number of carbonyl (C=O) groups is 2. The lowest BCUT2D eigenvalue weighted by Gasteiger charge is -2.28. The number of aromatic nitrogens is 2. The van der Waals surface area contributed by atoms with Crippen molar-refractivity contribution in [3.8, 4) is 22.1 Å². The Bertz CT molecular complexity index is 974. The molecule has 2 aromatic rings. The topological polar surface area (TPSA) is 106 Å². The molecular weight excluding hydrogens is 418 g/mol. The van der Waals surface area contributed by atoms with E-state index in [9.17, 15) is 9.59 Å². The summed E-state index contributed by atoms with van der Waals surface area (Å²) in [6.45, 7) is 0.803. The number of fused-ring (bicyclic) bond motifs is 1. The molecule has 2 aliphatic heterocycles. The summed E-state index contributed by atoms with van der Waals surface area (Å²) in [6.07, 6.45) is 7.03. The predicted octanol–water partition coefficient (Wildman–Crippen LogP) is 3.38. The summed E-state index contributed by atoms with van der Waals surface area (Å²) >= 11 is 1.29. The molecule has 1 unspecified atom stereocenters. The monoisotopic (exact) mass is 443 g/mol. The zero-order valence-corrected chi connectivity index (χ0v) is 18.0. The smallest absolute Gasteiger partial charge is 0.318 e. The largest absolute Gasteiger partial charge is 0.454 e. The summed E-state index contributed by atoms with van der Waals surface area (Å²) < 4.78 is 10.7. The second kappa shape index (κ2) is 8.70. The van der Waals surface area contributed by atoms with Crippen LogP contribution >= 0.6 is 11.3 Å². The maximum Gasteiger partial charge on any atom is 0.318 e. The summed E-state index contributed by atoms with van der Waals surface area (Å²) in [4.78, 5) is 27.3. The SMILES string of the molecule is O=C(Nc1nnc(-c2ccc3c(c2)OCO3)s1)C1CCCN1C(=O)NC1CCCCC1. The van der Waals surface area contributed by atoms with Gasteiger partial charge in [-0.15, -0.1) is 10.2 Å². The van der Waals surface area contributed by atoms with Gasteiger partial charge in [-0.25, -0.2) is 4.79 Å². The first kappa shape index (κ1) is 20.0. The van der Waals surface area contributed by atoms with Crippen molar-refractivity contribution in [3.63, 3.8) is 0 Å². The van der Waals surface area contributed by atoms with Crippen LogP contribution in [-0.4, -0.2) is 52.5 Å². The number of rotatable bonds is 4. The van der Waals surface area contributed by atoms with Gasteiger partial charge in [-0.3, -0.25) is 10.1 Å². The summed E-state index contributed by atoms with van der Waals surface area (Å²) in [5.74, 6) is 1.16. The minimum Gasteiger partial charge on any atom is -0.454 e. The van der Waals surface area contributed by atoms with Crippen LogP contribution in [0.1, 0.15) is 44.9 Å². The second-order valence-electron chi connectivity index (χ2n) is 8.11. The molecule has 2 fully saturated rings. The average molecular weight is 444 g/mol. The van der Waals surface area contributed by atoms with Crippen LogP contribution in [0.25, 0.3) is 10.6 Å². The lowest BCUT2D eigenvalue weighted by Crippen LogP contribution is -2.50. The number of nitrogens with one attached hydrogen (secondary N) is 2. The molecule has 31 heavy (non-hydrogen) atoms. The molecule has 1 saturated carbocycles. The van der Waals surface area contributed by atoms with Gasteiger partial charge in [0.05, 0.1) is 0 Å². The van der Waals surface area contributed by atoms with Gasteiger partial charge in [0, 0.05) is 18.2 Å². The van der Waals surface area contributed by atoms with Gasteiger partial charge in [0.1, 0.15) is 11.0 Å². The molecule has 0 bridgehead atoms. The maximum atomic E-state index is 12.9. The maximum absolute atomic E-state index is 12.9. The molecule has 3 aliphatic rings. The zero-order valence-electron chi connectivity index (χ0n) is 17.1. The number of benzene rings is 1. The molecule has 164 valence electrons. The fourth-order valence-electron chi connectivity index (χ4n) is 4.40. The van der Waals surface area contributed by atoms with E-state index in [1.165, 1.54) is 17.8 Å². The van der Waals surface area contributed by atoms with E-state index in [4.69, 9.17) is 9.47 Å². The number of likely N-dealkylation sites (tertiary alicyclic amines) is 1. The van der Waals surface area contributed by atoms with Crippen molar-refractivity contribution < 1.29 is 19.1 Å². The quantitative estimate of drug-likeness (QED) is 0.751. The minimum atomic E-state index is -0.485. The van der Waals surface area contributed by atoms with Crippen molar-refractivity contribution in [1.29, 1.82) is 0 Å². The van der Waals surface area contributed by atoms with Gasteiger partial charge in [-0.05, 0) is 43.9 Å². The standard InChI is InChI=1S/C21H25N5O4S/c27-18(15-7-4-10-26(15)21(28)22-14-5-2-1-3-6-14)23-20-25-24-19(31-20)13-8-9-16-17(11-13)30-12-29-16/h8-9,11,14-15H,1-7,10,12H2,(H,22,28)(H,23,25,27). The number of anilines is 1. The van der Waals surface area contributed by atoms with Crippen LogP contribution in [0.2, 0.25) is 0 Å². The van der Waals surface area contributed by atoms with Gasteiger partial charge in [-0.1, -0.05) is 30.6 Å². The highest BCUT2D eigenvalue weighted by atomic mass is 32.1. The van der Waals surface area contributed by atoms with Crippen LogP contribution in [0.3, 0.4) is 0 Å². The number of urea groups is 1. The number of carbonyl (C=O) groups excluding carboxylic acids is 2. The Hall–Kier alpha value is -2.88. The van der Waals surface area contributed by atoms with Crippen LogP contribution in [0.15, 0.2) is 18.2 Å². The van der Waals surface area contributed by atoms with Crippen molar-refractivity contribution in [2.45, 2.75) is 57.0 Å². The number of hydrogen-bond acceptors (Lipinski definition) is 7. The molecule has 1 aromatic heterocycles. The molecular formula is C21H25N5O4S. The van der Waals surface area contributed by atoms with E-state index < -0.39 is 6.04 Å². The minimum absolute atomic E-state index is 0.136. The average Bonchev–Trinajstić information content (AvgIpc) is 3.54. The lowest BCUT2D eigenvalue weighted by molar-refractivity contribution is -0.119. The van der Waals surface area contributed by atoms with Crippen molar-refractivity contribution >= 4 is 28.4 Å². The van der Waals surface area contributed by atoms with Gasteiger partial charge in [0.2, 0.25) is 17.8 Å². The van der Waals surface area contributed by atoms with Crippen LogP contribution < -0.4 is 20.1 Å². The Morgan fingerprint density at radius 1 is 1.03 bits per heavy atom. The number of nitrogens with zero attached hydrogens (tertiary/aromatic N) is 3. The Morgan fingerprint density at radius 2 is 1.87 bits per heavy atom. The first-order valence-electron chi connectivity index (χ1n) is 10.8. The Labute approximate surface area is 184 Å². The highest BCUT2D eigenvalue weighted by molar-refractivity contribution is 7.18. The molecule has 10 heteroatoms. The fraction of sp³-hybridized carbons (Fsp3) is 0.524. The number of amides is 3. The Morgan fingerprint density at radius 3 is 2.74 bits per heavy atom. The van der Waals surface area contributed by atoms with E-state index in [1.807, 2.05) is 18.2 Å². The molecule has 0 spiro atoms. The summed E-state index contributed by atoms with van der Waals surface area (Å²) in [7, 11) is 0. The van der Waals surface area contributed by atoms with E-state index >= 15 is 0 Å². The third-order valence-corrected chi connectivity index (χ3v) is 6.91. The fourth-order valence-corrected chi connectivity index (χ4v) is 5.14. The number of hydrogen-bond donors (Lipinski definition) is 2. The van der Waals surface area contributed by atoms with Gasteiger partial charge in [0.25, 0.3) is 0 Å². The molecule has 3 amide bonds. The molecule has 9 nitrogen and oxygen atoms in total. The van der Waals surface area contributed by atoms with E-state index in [2.05, 4.69) is 20.8 Å². The van der Waals surface area contributed by atoms with Crippen LogP contribution in [0.5, 0.6) is 11.5 Å². The zero-order chi connectivity index (χ0) is 21.2. The summed E-state index contributed by atoms with van der Waals surface area (Å²) in [5, 5.41) is 15.3. The third kappa shape index (κ3) is 4.30. The number of ether oxygens (including phenoxy) is 2. The molecule has 0 radical (unpaired) electrons. The van der Waals surface area contributed by atoms with E-state index in [0.717, 1.165) is 37.7 Å². The van der Waals surface area contributed by atoms with Crippen molar-refractivity contribution in [2.24, 2.45) is 0 Å². The molecule has 3 heterocycles. The lowest BCUT2D eigenvalue weighted by atomic mass is 9.96. The Kier molecular flexibility index (Phi) is 5.63. The first-order chi connectivity index (χ1) is 15.2. The van der Waals surface area contributed by atoms with Gasteiger partial charge in [0.15, 0.2) is 11.5 Å². The molecule has 1 atom stereocenters. The van der Waals surface area contributed by atoms with Gasteiger partial charge in [-0.2, -0.15) is 0 Å². The summed E-state index contributed by atoms with van der Waals surface area (Å²) in [6, 6.07) is 5.16. The molecule has 1 aliphatic carbocycles. The van der Waals surface area contributed by atoms with Gasteiger partial charge >= 0.3 is 6.03 Å². The molecule has 1 saturated heterocycles. The highest BCUT2D eigenvalue weighted by Gasteiger charge is 2.35. The van der Waals surface area contributed by atoms with Gasteiger partial charge < -0.3 is 19.7 Å². The van der Waals surface area contributed by atoms with Crippen LogP contribution in [0, 0.1) is 0 Å². The third-order valence-electron chi connectivity index (χ3n) is 6.02. The first-order valence-corrected chi connectivity index (χ1v) is 11.6.